The number of hydrogen-bond acceptors (Lipinski definition) is 14. The molecule has 7 rings (SSSR count). The Morgan fingerprint density at radius 1 is 0.772 bits per heavy atom. The number of rotatable bonds is 11. The van der Waals surface area contributed by atoms with E-state index in [0.29, 0.717) is 31.3 Å². The van der Waals surface area contributed by atoms with Crippen molar-refractivity contribution in [2.24, 2.45) is 50.7 Å². The Morgan fingerprint density at radius 2 is 1.39 bits per heavy atom. The van der Waals surface area contributed by atoms with Crippen molar-refractivity contribution in [1.29, 1.82) is 0 Å². The van der Waals surface area contributed by atoms with E-state index in [-0.39, 0.29) is 34.5 Å². The van der Waals surface area contributed by atoms with Gasteiger partial charge < -0.3 is 70.0 Å². The van der Waals surface area contributed by atoms with Crippen LogP contribution in [0.3, 0.4) is 0 Å². The number of ether oxygens (including phenoxy) is 4. The molecule has 0 radical (unpaired) electrons. The Labute approximate surface area is 335 Å². The van der Waals surface area contributed by atoms with Crippen molar-refractivity contribution >= 4 is 5.97 Å². The van der Waals surface area contributed by atoms with Crippen LogP contribution in [-0.4, -0.2) is 150 Å². The molecule has 7 fully saturated rings. The summed E-state index contributed by atoms with van der Waals surface area (Å²) in [4.78, 5) is 11.4. The van der Waals surface area contributed by atoms with Crippen molar-refractivity contribution in [2.45, 2.75) is 179 Å². The first kappa shape index (κ1) is 43.8. The Kier molecular flexibility index (Phi) is 11.7. The molecule has 57 heavy (non-hydrogen) atoms. The number of aliphatic carboxylic acids is 1. The van der Waals surface area contributed by atoms with E-state index in [0.717, 1.165) is 32.1 Å². The Bertz CT molecular complexity index is 1520. The number of carbonyl (C=O) groups is 1. The quantitative estimate of drug-likeness (QED) is 0.102. The van der Waals surface area contributed by atoms with E-state index in [1.54, 1.807) is 13.0 Å². The maximum atomic E-state index is 12.4. The second-order valence-electron chi connectivity index (χ2n) is 20.1. The smallest absolute Gasteiger partial charge is 0.330 e. The summed E-state index contributed by atoms with van der Waals surface area (Å²) in [6, 6.07) is 0. The molecule has 21 atom stereocenters. The summed E-state index contributed by atoms with van der Waals surface area (Å²) >= 11 is 0. The van der Waals surface area contributed by atoms with Gasteiger partial charge in [-0.2, -0.15) is 0 Å². The van der Waals surface area contributed by atoms with Gasteiger partial charge in [-0.15, -0.1) is 0 Å². The van der Waals surface area contributed by atoms with E-state index in [4.69, 9.17) is 18.9 Å². The lowest BCUT2D eigenvalue weighted by Crippen LogP contribution is -2.66. The van der Waals surface area contributed by atoms with Gasteiger partial charge in [0.1, 0.15) is 48.8 Å². The first-order valence-corrected chi connectivity index (χ1v) is 21.2. The van der Waals surface area contributed by atoms with E-state index < -0.39 is 115 Å². The van der Waals surface area contributed by atoms with Crippen molar-refractivity contribution in [3.05, 3.63) is 11.6 Å². The SMILES string of the molecule is C/C(=C\CC[C@@H](C)[C@H]1CC(O)[C@@]2(C)C3CC[C@H]4C(C)(C)[C@@H](O[C@@H]5OC(CO)C(O)C(O)C5OC5OC(CO)C(O)C(O)C5O)CC[C@@]45C[C@@]35CC(O)[C@]12C)C(=O)O. The average Bonchev–Trinajstić information content (AvgIpc) is 3.77. The normalized spacial score (nSPS) is 53.6. The molecule has 0 aromatic carbocycles. The van der Waals surface area contributed by atoms with Crippen LogP contribution >= 0.6 is 0 Å². The molecule has 2 heterocycles. The summed E-state index contributed by atoms with van der Waals surface area (Å²) in [6.07, 6.45) is -8.46. The minimum atomic E-state index is -1.77. The summed E-state index contributed by atoms with van der Waals surface area (Å²) in [5.41, 5.74) is -1.44. The third-order valence-electron chi connectivity index (χ3n) is 17.6. The second kappa shape index (κ2) is 15.2. The molecule has 12 unspecified atom stereocenters. The van der Waals surface area contributed by atoms with Gasteiger partial charge in [0.05, 0.1) is 31.5 Å². The van der Waals surface area contributed by atoms with Crippen LogP contribution in [0.15, 0.2) is 11.6 Å². The number of aliphatic hydroxyl groups excluding tert-OH is 9. The molecule has 2 spiro atoms. The van der Waals surface area contributed by atoms with Crippen molar-refractivity contribution in [3.8, 4) is 0 Å². The average molecular weight is 813 g/mol. The van der Waals surface area contributed by atoms with Gasteiger partial charge >= 0.3 is 5.97 Å². The summed E-state index contributed by atoms with van der Waals surface area (Å²) in [5, 5.41) is 107. The number of aliphatic hydroxyl groups is 9. The molecule has 5 aliphatic carbocycles. The lowest BCUT2D eigenvalue weighted by atomic mass is 9.40. The van der Waals surface area contributed by atoms with Crippen LogP contribution in [0.2, 0.25) is 0 Å². The molecule has 10 N–H and O–H groups in total. The van der Waals surface area contributed by atoms with Gasteiger partial charge in [-0.3, -0.25) is 0 Å². The highest BCUT2D eigenvalue weighted by Gasteiger charge is 2.85. The molecule has 15 nitrogen and oxygen atoms in total. The fourth-order valence-electron chi connectivity index (χ4n) is 14.2. The molecule has 7 aliphatic rings. The maximum Gasteiger partial charge on any atom is 0.330 e. The van der Waals surface area contributed by atoms with Gasteiger partial charge in [-0.05, 0) is 105 Å². The number of allylic oxidation sites excluding steroid dienone is 1. The van der Waals surface area contributed by atoms with Gasteiger partial charge in [0.25, 0.3) is 0 Å². The van der Waals surface area contributed by atoms with Gasteiger partial charge in [0.2, 0.25) is 0 Å². The highest BCUT2D eigenvalue weighted by Crippen LogP contribution is 2.89. The van der Waals surface area contributed by atoms with Gasteiger partial charge in [-0.25, -0.2) is 4.79 Å². The number of carboxylic acids is 1. The number of fused-ring (bicyclic) bond motifs is 2. The largest absolute Gasteiger partial charge is 0.478 e. The first-order valence-electron chi connectivity index (χ1n) is 21.2. The fraction of sp³-hybridized carbons (Fsp3) is 0.929. The molecule has 2 saturated heterocycles. The van der Waals surface area contributed by atoms with Crippen molar-refractivity contribution in [2.75, 3.05) is 13.2 Å². The number of carboxylic acid groups (broad SMARTS) is 1. The predicted molar refractivity (Wildman–Crippen MR) is 201 cm³/mol. The molecular weight excluding hydrogens is 744 g/mol. The van der Waals surface area contributed by atoms with E-state index in [1.165, 1.54) is 0 Å². The lowest BCUT2D eigenvalue weighted by molar-refractivity contribution is -0.377. The molecule has 2 aliphatic heterocycles. The zero-order valence-electron chi connectivity index (χ0n) is 34.2. The van der Waals surface area contributed by atoms with E-state index in [1.807, 2.05) is 0 Å². The molecule has 0 bridgehead atoms. The Morgan fingerprint density at radius 3 is 2.02 bits per heavy atom. The third kappa shape index (κ3) is 6.35. The molecule has 5 saturated carbocycles. The van der Waals surface area contributed by atoms with Crippen LogP contribution in [0.5, 0.6) is 0 Å². The third-order valence-corrected chi connectivity index (χ3v) is 17.6. The van der Waals surface area contributed by atoms with Crippen molar-refractivity contribution in [3.63, 3.8) is 0 Å². The van der Waals surface area contributed by atoms with E-state index in [9.17, 15) is 55.9 Å². The standard InChI is InChI=1S/C42H68O15/c1-19(8-7-9-20(2)35(52)53)21-14-26(45)40(6)25-11-10-24-38(3,4)28(12-13-41(24)18-42(25,41)15-27(46)39(21,40)5)56-37-34(32(50)30(48)23(17-44)55-37)57-36-33(51)31(49)29(47)22(16-43)54-36/h9,19,21-34,36-37,43-51H,7-8,10-18H2,1-6H3,(H,52,53)/b20-9+/t19-,21-,22?,23?,24+,25?,26?,27?,28+,29?,30?,31?,32?,33?,34?,36?,37+,39+,40-,41-,42+/m1/s1. The van der Waals surface area contributed by atoms with Crippen molar-refractivity contribution < 1.29 is 74.8 Å². The summed E-state index contributed by atoms with van der Waals surface area (Å²) in [5.74, 6) is -0.309. The highest BCUT2D eigenvalue weighted by molar-refractivity contribution is 5.85. The fourth-order valence-corrected chi connectivity index (χ4v) is 14.2. The van der Waals surface area contributed by atoms with Crippen LogP contribution in [-0.2, 0) is 23.7 Å². The molecule has 0 aromatic rings. The van der Waals surface area contributed by atoms with Crippen molar-refractivity contribution in [1.82, 2.24) is 0 Å². The topological polar surface area (TPSA) is 256 Å². The molecule has 0 aromatic heterocycles. The summed E-state index contributed by atoms with van der Waals surface area (Å²) in [6.45, 7) is 11.2. The lowest BCUT2D eigenvalue weighted by Gasteiger charge is -2.65. The Balaban J connectivity index is 1.10. The molecule has 326 valence electrons. The zero-order chi connectivity index (χ0) is 41.8. The minimum absolute atomic E-state index is 0.0710. The van der Waals surface area contributed by atoms with Gasteiger partial charge in [0, 0.05) is 16.4 Å². The molecule has 0 amide bonds. The minimum Gasteiger partial charge on any atom is -0.478 e. The zero-order valence-corrected chi connectivity index (χ0v) is 34.2. The van der Waals surface area contributed by atoms with Crippen LogP contribution in [0.1, 0.15) is 99.3 Å². The van der Waals surface area contributed by atoms with Gasteiger partial charge in [-0.1, -0.05) is 40.7 Å². The van der Waals surface area contributed by atoms with Crippen LogP contribution in [0, 0.1) is 50.7 Å². The second-order valence-corrected chi connectivity index (χ2v) is 20.1. The van der Waals surface area contributed by atoms with E-state index in [2.05, 4.69) is 34.6 Å². The Hall–Kier alpha value is -1.31. The van der Waals surface area contributed by atoms with E-state index >= 15 is 0 Å². The van der Waals surface area contributed by atoms with Crippen LogP contribution < -0.4 is 0 Å². The first-order chi connectivity index (χ1) is 26.7. The summed E-state index contributed by atoms with van der Waals surface area (Å²) < 4.78 is 24.3. The molecular formula is C42H68O15. The highest BCUT2D eigenvalue weighted by atomic mass is 16.8. The monoisotopic (exact) mass is 812 g/mol. The maximum absolute atomic E-state index is 12.4. The van der Waals surface area contributed by atoms with Gasteiger partial charge in [0.15, 0.2) is 12.6 Å². The number of hydrogen-bond donors (Lipinski definition) is 10. The predicted octanol–water partition coefficient (Wildman–Crippen LogP) is 0.824. The summed E-state index contributed by atoms with van der Waals surface area (Å²) in [7, 11) is 0. The molecule has 15 heteroatoms. The van der Waals surface area contributed by atoms with Crippen LogP contribution in [0.4, 0.5) is 0 Å². The van der Waals surface area contributed by atoms with Crippen LogP contribution in [0.25, 0.3) is 0 Å².